The summed E-state index contributed by atoms with van der Waals surface area (Å²) in [5.41, 5.74) is 1.49. The van der Waals surface area contributed by atoms with E-state index < -0.39 is 0 Å². The Bertz CT molecular complexity index is 758. The summed E-state index contributed by atoms with van der Waals surface area (Å²) in [5, 5.41) is 5.86. The molecule has 8 heteroatoms. The van der Waals surface area contributed by atoms with E-state index in [0.29, 0.717) is 17.2 Å². The fourth-order valence-corrected chi connectivity index (χ4v) is 3.63. The van der Waals surface area contributed by atoms with Gasteiger partial charge >= 0.3 is 0 Å². The molecule has 1 aromatic heterocycles. The maximum atomic E-state index is 12.2. The van der Waals surface area contributed by atoms with Gasteiger partial charge in [-0.3, -0.25) is 9.69 Å². The molecule has 1 amide bonds. The first-order chi connectivity index (χ1) is 12.3. The van der Waals surface area contributed by atoms with Gasteiger partial charge in [0.15, 0.2) is 11.5 Å². The molecule has 0 atom stereocenters. The number of benzene rings is 1. The smallest absolute Gasteiger partial charge is 0.231 e. The third-order valence-corrected chi connectivity index (χ3v) is 4.94. The SMILES string of the molecule is O=C(Cc1csc(CN2CCOCC2)n1)Nc1ccc2c(c1)OCO2. The van der Waals surface area contributed by atoms with Crippen molar-refractivity contribution < 1.29 is 19.0 Å². The van der Waals surface area contributed by atoms with Crippen LogP contribution in [0.1, 0.15) is 10.7 Å². The van der Waals surface area contributed by atoms with Gasteiger partial charge in [0.05, 0.1) is 31.9 Å². The van der Waals surface area contributed by atoms with Crippen LogP contribution in [0.15, 0.2) is 23.6 Å². The number of nitrogens with zero attached hydrogens (tertiary/aromatic N) is 2. The van der Waals surface area contributed by atoms with Crippen molar-refractivity contribution in [1.82, 2.24) is 9.88 Å². The number of carbonyl (C=O) groups excluding carboxylic acids is 1. The number of thiazole rings is 1. The molecule has 1 N–H and O–H groups in total. The number of amides is 1. The molecular formula is C17H19N3O4S. The Morgan fingerprint density at radius 2 is 2.08 bits per heavy atom. The molecule has 0 saturated carbocycles. The van der Waals surface area contributed by atoms with E-state index >= 15 is 0 Å². The van der Waals surface area contributed by atoms with Crippen molar-refractivity contribution in [2.24, 2.45) is 0 Å². The third kappa shape index (κ3) is 4.09. The highest BCUT2D eigenvalue weighted by molar-refractivity contribution is 7.09. The van der Waals surface area contributed by atoms with Crippen LogP contribution >= 0.6 is 11.3 Å². The molecule has 0 radical (unpaired) electrons. The van der Waals surface area contributed by atoms with Gasteiger partial charge in [-0.05, 0) is 12.1 Å². The molecule has 2 aliphatic rings. The van der Waals surface area contributed by atoms with Crippen molar-refractivity contribution >= 4 is 22.9 Å². The van der Waals surface area contributed by atoms with Crippen molar-refractivity contribution in [3.63, 3.8) is 0 Å². The topological polar surface area (TPSA) is 72.9 Å². The van der Waals surface area contributed by atoms with Crippen molar-refractivity contribution in [2.45, 2.75) is 13.0 Å². The summed E-state index contributed by atoms with van der Waals surface area (Å²) in [7, 11) is 0. The highest BCUT2D eigenvalue weighted by Gasteiger charge is 2.16. The first-order valence-corrected chi connectivity index (χ1v) is 9.07. The van der Waals surface area contributed by atoms with E-state index in [9.17, 15) is 4.79 Å². The van der Waals surface area contributed by atoms with Gasteiger partial charge in [0.2, 0.25) is 12.7 Å². The van der Waals surface area contributed by atoms with Crippen molar-refractivity contribution in [3.05, 3.63) is 34.3 Å². The van der Waals surface area contributed by atoms with Crippen LogP contribution in [-0.2, 0) is 22.5 Å². The molecule has 7 nitrogen and oxygen atoms in total. The zero-order chi connectivity index (χ0) is 17.1. The van der Waals surface area contributed by atoms with Gasteiger partial charge in [-0.15, -0.1) is 11.3 Å². The lowest BCUT2D eigenvalue weighted by molar-refractivity contribution is -0.115. The summed E-state index contributed by atoms with van der Waals surface area (Å²) in [5.74, 6) is 1.26. The lowest BCUT2D eigenvalue weighted by Crippen LogP contribution is -2.35. The van der Waals surface area contributed by atoms with Crippen molar-refractivity contribution in [2.75, 3.05) is 38.4 Å². The molecule has 1 saturated heterocycles. The molecule has 1 aromatic carbocycles. The molecule has 0 unspecified atom stereocenters. The summed E-state index contributed by atoms with van der Waals surface area (Å²) < 4.78 is 15.9. The van der Waals surface area contributed by atoms with Gasteiger partial charge in [0.25, 0.3) is 0 Å². The molecule has 132 valence electrons. The minimum Gasteiger partial charge on any atom is -0.454 e. The van der Waals surface area contributed by atoms with Crippen LogP contribution in [0.3, 0.4) is 0 Å². The zero-order valence-electron chi connectivity index (χ0n) is 13.7. The second kappa shape index (κ2) is 7.38. The number of fused-ring (bicyclic) bond motifs is 1. The maximum absolute atomic E-state index is 12.2. The second-order valence-corrected chi connectivity index (χ2v) is 6.86. The normalized spacial score (nSPS) is 16.8. The van der Waals surface area contributed by atoms with E-state index in [-0.39, 0.29) is 19.1 Å². The predicted molar refractivity (Wildman–Crippen MR) is 93.1 cm³/mol. The molecule has 1 fully saturated rings. The second-order valence-electron chi connectivity index (χ2n) is 5.91. The van der Waals surface area contributed by atoms with E-state index in [2.05, 4.69) is 15.2 Å². The Kier molecular flexibility index (Phi) is 4.82. The van der Waals surface area contributed by atoms with Gasteiger partial charge in [-0.25, -0.2) is 4.98 Å². The fraction of sp³-hybridized carbons (Fsp3) is 0.412. The van der Waals surface area contributed by atoms with Gasteiger partial charge in [-0.2, -0.15) is 0 Å². The summed E-state index contributed by atoms with van der Waals surface area (Å²) in [6.07, 6.45) is 0.258. The molecule has 3 heterocycles. The third-order valence-electron chi connectivity index (χ3n) is 4.06. The Morgan fingerprint density at radius 1 is 1.24 bits per heavy atom. The molecular weight excluding hydrogens is 342 g/mol. The Labute approximate surface area is 149 Å². The molecule has 2 aromatic rings. The Balaban J connectivity index is 1.32. The predicted octanol–water partition coefficient (Wildman–Crippen LogP) is 1.89. The minimum atomic E-state index is -0.0953. The Hall–Kier alpha value is -2.16. The summed E-state index contributed by atoms with van der Waals surface area (Å²) in [6, 6.07) is 5.36. The molecule has 0 spiro atoms. The van der Waals surface area contributed by atoms with Crippen LogP contribution < -0.4 is 14.8 Å². The van der Waals surface area contributed by atoms with Crippen LogP contribution in [0, 0.1) is 0 Å². The number of morpholine rings is 1. The monoisotopic (exact) mass is 361 g/mol. The van der Waals surface area contributed by atoms with E-state index in [1.165, 1.54) is 0 Å². The number of nitrogens with one attached hydrogen (secondary N) is 1. The maximum Gasteiger partial charge on any atom is 0.231 e. The lowest BCUT2D eigenvalue weighted by atomic mass is 10.2. The Morgan fingerprint density at radius 3 is 2.96 bits per heavy atom. The van der Waals surface area contributed by atoms with E-state index in [4.69, 9.17) is 14.2 Å². The molecule has 4 rings (SSSR count). The number of ether oxygens (including phenoxy) is 3. The van der Waals surface area contributed by atoms with Gasteiger partial charge in [-0.1, -0.05) is 0 Å². The first-order valence-electron chi connectivity index (χ1n) is 8.19. The number of anilines is 1. The van der Waals surface area contributed by atoms with Crippen LogP contribution in [0.4, 0.5) is 5.69 Å². The summed E-state index contributed by atoms with van der Waals surface area (Å²) >= 11 is 1.60. The van der Waals surface area contributed by atoms with Crippen molar-refractivity contribution in [1.29, 1.82) is 0 Å². The average molecular weight is 361 g/mol. The average Bonchev–Trinajstić information content (AvgIpc) is 3.24. The van der Waals surface area contributed by atoms with E-state index in [0.717, 1.165) is 43.5 Å². The van der Waals surface area contributed by atoms with Crippen LogP contribution in [0.5, 0.6) is 11.5 Å². The number of rotatable bonds is 5. The van der Waals surface area contributed by atoms with Gasteiger partial charge in [0, 0.05) is 30.2 Å². The number of hydrogen-bond donors (Lipinski definition) is 1. The molecule has 0 bridgehead atoms. The van der Waals surface area contributed by atoms with Gasteiger partial charge < -0.3 is 19.5 Å². The fourth-order valence-electron chi connectivity index (χ4n) is 2.80. The van der Waals surface area contributed by atoms with E-state index in [1.54, 1.807) is 29.5 Å². The molecule has 0 aliphatic carbocycles. The summed E-state index contributed by atoms with van der Waals surface area (Å²) in [6.45, 7) is 4.45. The lowest BCUT2D eigenvalue weighted by Gasteiger charge is -2.25. The standard InChI is InChI=1S/C17H19N3O4S/c21-16(18-12-1-2-14-15(7-12)24-11-23-14)8-13-10-25-17(19-13)9-20-3-5-22-6-4-20/h1-2,7,10H,3-6,8-9,11H2,(H,18,21). The first kappa shape index (κ1) is 16.3. The van der Waals surface area contributed by atoms with Crippen LogP contribution in [0.25, 0.3) is 0 Å². The minimum absolute atomic E-state index is 0.0953. The highest BCUT2D eigenvalue weighted by atomic mass is 32.1. The summed E-state index contributed by atoms with van der Waals surface area (Å²) in [4.78, 5) is 19.1. The molecule has 25 heavy (non-hydrogen) atoms. The zero-order valence-corrected chi connectivity index (χ0v) is 14.5. The van der Waals surface area contributed by atoms with E-state index in [1.807, 2.05) is 5.38 Å². The van der Waals surface area contributed by atoms with Crippen molar-refractivity contribution in [3.8, 4) is 11.5 Å². The number of aromatic nitrogens is 1. The quantitative estimate of drug-likeness (QED) is 0.877. The number of carbonyl (C=O) groups is 1. The van der Waals surface area contributed by atoms with Crippen LogP contribution in [0.2, 0.25) is 0 Å². The number of hydrogen-bond acceptors (Lipinski definition) is 7. The highest BCUT2D eigenvalue weighted by Crippen LogP contribution is 2.34. The van der Waals surface area contributed by atoms with Crippen LogP contribution in [-0.4, -0.2) is 48.9 Å². The molecule has 2 aliphatic heterocycles. The largest absolute Gasteiger partial charge is 0.454 e. The van der Waals surface area contributed by atoms with Gasteiger partial charge in [0.1, 0.15) is 5.01 Å².